The molecule has 2 heterocycles. The molecule has 0 fully saturated rings. The number of aromatic nitrogens is 4. The van der Waals surface area contributed by atoms with Gasteiger partial charge in [-0.3, -0.25) is 9.13 Å². The fourth-order valence-corrected chi connectivity index (χ4v) is 4.17. The lowest BCUT2D eigenvalue weighted by molar-refractivity contribution is -0.105. The van der Waals surface area contributed by atoms with Crippen LogP contribution in [-0.4, -0.2) is 60.3 Å². The van der Waals surface area contributed by atoms with Gasteiger partial charge in [0.25, 0.3) is 0 Å². The lowest BCUT2D eigenvalue weighted by atomic mass is 10.0. The highest BCUT2D eigenvalue weighted by Crippen LogP contribution is 2.39. The first kappa shape index (κ1) is 24.2. The molecule has 2 N–H and O–H groups in total. The van der Waals surface area contributed by atoms with Crippen molar-refractivity contribution in [3.8, 4) is 0 Å². The van der Waals surface area contributed by atoms with Gasteiger partial charge in [-0.1, -0.05) is 20.8 Å². The predicted molar refractivity (Wildman–Crippen MR) is 114 cm³/mol. The number of nitrogens with zero attached hydrogens (tertiary/aromatic N) is 4. The van der Waals surface area contributed by atoms with E-state index in [2.05, 4.69) is 27.6 Å². The van der Waals surface area contributed by atoms with E-state index in [1.54, 1.807) is 4.57 Å². The van der Waals surface area contributed by atoms with Crippen LogP contribution in [0.4, 0.5) is 0 Å². The Hall–Kier alpha value is -1.03. The van der Waals surface area contributed by atoms with Gasteiger partial charge >= 0.3 is 0 Å². The lowest BCUT2D eigenvalue weighted by Gasteiger charge is -2.31. The van der Waals surface area contributed by atoms with E-state index in [0.717, 1.165) is 6.42 Å². The van der Waals surface area contributed by atoms with Crippen LogP contribution in [0.3, 0.4) is 0 Å². The molecular formula is C18H31N4O5PS. The van der Waals surface area contributed by atoms with E-state index in [0.29, 0.717) is 29.0 Å². The molecular weight excluding hydrogens is 415 g/mol. The van der Waals surface area contributed by atoms with Crippen molar-refractivity contribution in [1.82, 2.24) is 19.5 Å². The quantitative estimate of drug-likeness (QED) is 0.259. The van der Waals surface area contributed by atoms with Crippen molar-refractivity contribution in [3.63, 3.8) is 0 Å². The molecule has 0 aromatic carbocycles. The molecule has 11 heteroatoms. The molecule has 0 aliphatic rings. The van der Waals surface area contributed by atoms with Crippen LogP contribution in [0, 0.1) is 0 Å². The van der Waals surface area contributed by atoms with Crippen LogP contribution in [0.1, 0.15) is 53.2 Å². The third kappa shape index (κ3) is 5.99. The number of fused-ring (bicyclic) bond motifs is 1. The van der Waals surface area contributed by atoms with Crippen molar-refractivity contribution in [2.75, 3.05) is 13.2 Å². The van der Waals surface area contributed by atoms with Crippen LogP contribution in [0.25, 0.3) is 11.2 Å². The molecule has 4 unspecified atom stereocenters. The summed E-state index contributed by atoms with van der Waals surface area (Å²) in [6.07, 6.45) is 2.67. The summed E-state index contributed by atoms with van der Waals surface area (Å²) < 4.78 is 25.7. The van der Waals surface area contributed by atoms with E-state index in [1.807, 2.05) is 27.7 Å². The Labute approximate surface area is 177 Å². The average molecular weight is 447 g/mol. The number of aliphatic hydroxyl groups excluding tert-OH is 2. The number of rotatable bonds is 12. The minimum Gasteiger partial charge on any atom is -0.394 e. The summed E-state index contributed by atoms with van der Waals surface area (Å²) in [5, 5.41) is 20.2. The van der Waals surface area contributed by atoms with Gasteiger partial charge < -0.3 is 19.5 Å². The van der Waals surface area contributed by atoms with E-state index in [9.17, 15) is 14.8 Å². The fourth-order valence-electron chi connectivity index (χ4n) is 2.70. The van der Waals surface area contributed by atoms with E-state index < -0.39 is 32.6 Å². The second kappa shape index (κ2) is 10.8. The summed E-state index contributed by atoms with van der Waals surface area (Å²) >= 11 is 4.26. The maximum atomic E-state index is 12.4. The lowest BCUT2D eigenvalue weighted by Crippen LogP contribution is -2.33. The number of aliphatic hydroxyl groups is 2. The smallest absolute Gasteiger partial charge is 0.194 e. The van der Waals surface area contributed by atoms with Crippen LogP contribution in [-0.2, 0) is 13.8 Å². The van der Waals surface area contributed by atoms with Crippen molar-refractivity contribution in [3.05, 3.63) is 12.7 Å². The zero-order valence-corrected chi connectivity index (χ0v) is 19.2. The van der Waals surface area contributed by atoms with E-state index in [-0.39, 0.29) is 12.3 Å². The maximum Gasteiger partial charge on any atom is 0.194 e. The first-order valence-corrected chi connectivity index (χ1v) is 11.6. The molecule has 2 aromatic rings. The number of hydrogen-bond donors (Lipinski definition) is 3. The largest absolute Gasteiger partial charge is 0.394 e. The molecule has 0 bridgehead atoms. The van der Waals surface area contributed by atoms with Gasteiger partial charge in [0, 0.05) is 12.1 Å². The monoisotopic (exact) mass is 446 g/mol. The van der Waals surface area contributed by atoms with Crippen LogP contribution >= 0.6 is 20.7 Å². The fraction of sp³-hybridized carbons (Fsp3) is 0.722. The summed E-state index contributed by atoms with van der Waals surface area (Å²) in [6.45, 7) is 7.51. The molecule has 164 valence electrons. The second-order valence-corrected chi connectivity index (χ2v) is 9.57. The molecule has 0 saturated carbocycles. The van der Waals surface area contributed by atoms with Gasteiger partial charge in [0.05, 0.1) is 25.1 Å². The third-order valence-corrected chi connectivity index (χ3v) is 7.39. The van der Waals surface area contributed by atoms with Crippen molar-refractivity contribution in [2.24, 2.45) is 0 Å². The summed E-state index contributed by atoms with van der Waals surface area (Å²) in [5.74, 6) is 0. The minimum atomic E-state index is -2.17. The first-order valence-electron chi connectivity index (χ1n) is 9.76. The van der Waals surface area contributed by atoms with Gasteiger partial charge in [-0.05, 0) is 19.8 Å². The van der Waals surface area contributed by atoms with Crippen molar-refractivity contribution in [2.45, 2.75) is 75.6 Å². The molecule has 0 spiro atoms. The van der Waals surface area contributed by atoms with Gasteiger partial charge in [-0.25, -0.2) is 15.0 Å². The highest BCUT2D eigenvalue weighted by atomic mass is 32.1. The van der Waals surface area contributed by atoms with Gasteiger partial charge in [-0.15, -0.1) is 12.6 Å². The molecule has 9 nitrogen and oxygen atoms in total. The summed E-state index contributed by atoms with van der Waals surface area (Å²) in [7, 11) is -2.17. The van der Waals surface area contributed by atoms with Crippen molar-refractivity contribution in [1.29, 1.82) is 0 Å². The Morgan fingerprint density at radius 3 is 2.69 bits per heavy atom. The predicted octanol–water partition coefficient (Wildman–Crippen LogP) is 2.83. The van der Waals surface area contributed by atoms with Crippen LogP contribution in [0.15, 0.2) is 17.7 Å². The molecule has 0 aliphatic carbocycles. The summed E-state index contributed by atoms with van der Waals surface area (Å²) in [6, 6.07) is 0. The molecule has 0 aliphatic heterocycles. The Kier molecular flexibility index (Phi) is 9.06. The van der Waals surface area contributed by atoms with Crippen LogP contribution < -0.4 is 0 Å². The standard InChI is InChI=1S/C18H31N4O5PS/c1-5-12(3)28(25)27-18(4,6-2)7-8-26-17(13(24)9-23)22-11-21-14-15(22)19-10-20-16(14)29/h10-13,17,23-24,28H,5-9H2,1-4H3,(H,19,20,29)/t12?,13-,17?,18?/m1/s1. The highest BCUT2D eigenvalue weighted by Gasteiger charge is 2.29. The second-order valence-electron chi connectivity index (χ2n) is 7.32. The number of hydrogen-bond acceptors (Lipinski definition) is 9. The zero-order chi connectivity index (χ0) is 21.6. The molecule has 5 atom stereocenters. The van der Waals surface area contributed by atoms with Gasteiger partial charge in [0.15, 0.2) is 19.9 Å². The topological polar surface area (TPSA) is 120 Å². The van der Waals surface area contributed by atoms with Crippen molar-refractivity contribution < 1.29 is 24.0 Å². The SMILES string of the molecule is CCC(C)[PH](=O)OC(C)(CC)CCOC([C@H](O)CO)n1cnc2c(S)ncnc21. The molecule has 0 amide bonds. The summed E-state index contributed by atoms with van der Waals surface area (Å²) in [4.78, 5) is 12.4. The van der Waals surface area contributed by atoms with E-state index in [4.69, 9.17) is 9.26 Å². The van der Waals surface area contributed by atoms with E-state index >= 15 is 0 Å². The first-order chi connectivity index (χ1) is 13.8. The average Bonchev–Trinajstić information content (AvgIpc) is 3.15. The molecule has 2 aromatic heterocycles. The van der Waals surface area contributed by atoms with Gasteiger partial charge in [-0.2, -0.15) is 0 Å². The third-order valence-electron chi connectivity index (χ3n) is 5.16. The van der Waals surface area contributed by atoms with Crippen LogP contribution in [0.2, 0.25) is 0 Å². The Bertz CT molecular complexity index is 823. The summed E-state index contributed by atoms with van der Waals surface area (Å²) in [5.41, 5.74) is 0.330. The number of thiol groups is 1. The Balaban J connectivity index is 2.13. The normalized spacial score (nSPS) is 18.3. The molecule has 0 radical (unpaired) electrons. The highest BCUT2D eigenvalue weighted by molar-refractivity contribution is 7.80. The number of ether oxygens (including phenoxy) is 1. The van der Waals surface area contributed by atoms with Crippen molar-refractivity contribution >= 4 is 31.8 Å². The van der Waals surface area contributed by atoms with Crippen LogP contribution in [0.5, 0.6) is 0 Å². The molecule has 29 heavy (non-hydrogen) atoms. The number of imidazole rings is 1. The molecule has 2 rings (SSSR count). The van der Waals surface area contributed by atoms with Gasteiger partial charge in [0.1, 0.15) is 23.0 Å². The Morgan fingerprint density at radius 2 is 2.07 bits per heavy atom. The minimum absolute atomic E-state index is 0.0168. The Morgan fingerprint density at radius 1 is 1.34 bits per heavy atom. The zero-order valence-electron chi connectivity index (χ0n) is 17.3. The molecule has 0 saturated heterocycles. The van der Waals surface area contributed by atoms with Gasteiger partial charge in [0.2, 0.25) is 0 Å². The maximum absolute atomic E-state index is 12.4. The van der Waals surface area contributed by atoms with E-state index in [1.165, 1.54) is 12.7 Å².